The van der Waals surface area contributed by atoms with Crippen LogP contribution in [0.3, 0.4) is 0 Å². The zero-order chi connectivity index (χ0) is 10.8. The lowest BCUT2D eigenvalue weighted by Crippen LogP contribution is -2.04. The molecule has 2 N–H and O–H groups in total. The summed E-state index contributed by atoms with van der Waals surface area (Å²) in [4.78, 5) is 8.05. The molecule has 0 radical (unpaired) electrons. The van der Waals surface area contributed by atoms with Gasteiger partial charge in [0.1, 0.15) is 5.15 Å². The van der Waals surface area contributed by atoms with E-state index in [0.717, 1.165) is 24.5 Å². The van der Waals surface area contributed by atoms with E-state index < -0.39 is 0 Å². The lowest BCUT2D eigenvalue weighted by atomic mass is 9.90. The number of halogens is 1. The molecule has 0 fully saturated rings. The van der Waals surface area contributed by atoms with Gasteiger partial charge in [-0.05, 0) is 30.8 Å². The molecule has 0 bridgehead atoms. The van der Waals surface area contributed by atoms with Gasteiger partial charge in [0.25, 0.3) is 0 Å². The second-order valence-electron chi connectivity index (χ2n) is 4.04. The standard InChI is InChI=1S/C11H14ClN3/c1-7-2-4-8(5-3-7)9-6-10(12)15-11(13)14-9/h4,6-7H,2-3,5H2,1H3,(H2,13,14,15). The summed E-state index contributed by atoms with van der Waals surface area (Å²) < 4.78 is 0. The molecule has 0 saturated carbocycles. The summed E-state index contributed by atoms with van der Waals surface area (Å²) in [6.45, 7) is 2.26. The third-order valence-electron chi connectivity index (χ3n) is 2.71. The smallest absolute Gasteiger partial charge is 0.221 e. The number of anilines is 1. The Hall–Kier alpha value is -1.09. The fraction of sp³-hybridized carbons (Fsp3) is 0.455. The summed E-state index contributed by atoms with van der Waals surface area (Å²) in [5.74, 6) is 1.01. The quantitative estimate of drug-likeness (QED) is 0.745. The molecule has 1 aromatic heterocycles. The van der Waals surface area contributed by atoms with Gasteiger partial charge in [0.2, 0.25) is 5.95 Å². The van der Waals surface area contributed by atoms with Gasteiger partial charge in [-0.3, -0.25) is 0 Å². The summed E-state index contributed by atoms with van der Waals surface area (Å²) in [6.07, 6.45) is 5.59. The molecule has 1 unspecified atom stereocenters. The third-order valence-corrected chi connectivity index (χ3v) is 2.91. The highest BCUT2D eigenvalue weighted by molar-refractivity contribution is 6.29. The number of allylic oxidation sites excluding steroid dienone is 2. The topological polar surface area (TPSA) is 51.8 Å². The van der Waals surface area contributed by atoms with Crippen molar-refractivity contribution < 1.29 is 0 Å². The summed E-state index contributed by atoms with van der Waals surface area (Å²) in [6, 6.07) is 1.78. The summed E-state index contributed by atoms with van der Waals surface area (Å²) in [5, 5.41) is 0.414. The first kappa shape index (κ1) is 10.4. The molecule has 0 amide bonds. The van der Waals surface area contributed by atoms with Crippen LogP contribution in [0.15, 0.2) is 12.1 Å². The summed E-state index contributed by atoms with van der Waals surface area (Å²) in [7, 11) is 0. The second-order valence-corrected chi connectivity index (χ2v) is 4.43. The first-order chi connectivity index (χ1) is 7.15. The molecule has 0 saturated heterocycles. The molecule has 1 heterocycles. The van der Waals surface area contributed by atoms with Gasteiger partial charge in [-0.2, -0.15) is 0 Å². The molecule has 3 nitrogen and oxygen atoms in total. The molecular formula is C11H14ClN3. The van der Waals surface area contributed by atoms with Gasteiger partial charge in [0.05, 0.1) is 5.69 Å². The molecule has 0 aromatic carbocycles. The van der Waals surface area contributed by atoms with Crippen LogP contribution < -0.4 is 5.73 Å². The SMILES string of the molecule is CC1CC=C(c2cc(Cl)nc(N)n2)CC1. The molecule has 0 spiro atoms. The number of hydrogen-bond acceptors (Lipinski definition) is 3. The molecule has 15 heavy (non-hydrogen) atoms. The van der Waals surface area contributed by atoms with Crippen molar-refractivity contribution >= 4 is 23.1 Å². The van der Waals surface area contributed by atoms with Crippen LogP contribution in [0, 0.1) is 5.92 Å². The number of aromatic nitrogens is 2. The Balaban J connectivity index is 2.29. The van der Waals surface area contributed by atoms with Gasteiger partial charge in [0, 0.05) is 6.07 Å². The Kier molecular flexibility index (Phi) is 2.91. The molecule has 80 valence electrons. The fourth-order valence-corrected chi connectivity index (χ4v) is 1.99. The van der Waals surface area contributed by atoms with Gasteiger partial charge in [-0.15, -0.1) is 0 Å². The van der Waals surface area contributed by atoms with Crippen LogP contribution in [0.5, 0.6) is 0 Å². The number of rotatable bonds is 1. The zero-order valence-corrected chi connectivity index (χ0v) is 9.46. The Morgan fingerprint density at radius 1 is 1.47 bits per heavy atom. The maximum Gasteiger partial charge on any atom is 0.221 e. The molecule has 4 heteroatoms. The van der Waals surface area contributed by atoms with Crippen molar-refractivity contribution in [1.29, 1.82) is 0 Å². The third kappa shape index (κ3) is 2.48. The van der Waals surface area contributed by atoms with E-state index in [0.29, 0.717) is 5.15 Å². The van der Waals surface area contributed by atoms with E-state index in [1.165, 1.54) is 12.0 Å². The average molecular weight is 224 g/mol. The van der Waals surface area contributed by atoms with E-state index >= 15 is 0 Å². The van der Waals surface area contributed by atoms with Crippen LogP contribution in [0.2, 0.25) is 5.15 Å². The normalized spacial score (nSPS) is 21.2. The monoisotopic (exact) mass is 223 g/mol. The predicted molar refractivity (Wildman–Crippen MR) is 62.4 cm³/mol. The number of hydrogen-bond donors (Lipinski definition) is 1. The van der Waals surface area contributed by atoms with E-state index in [9.17, 15) is 0 Å². The van der Waals surface area contributed by atoms with Crippen molar-refractivity contribution in [3.8, 4) is 0 Å². The van der Waals surface area contributed by atoms with Gasteiger partial charge in [0.15, 0.2) is 0 Å². The van der Waals surface area contributed by atoms with Gasteiger partial charge in [-0.1, -0.05) is 24.6 Å². The van der Waals surface area contributed by atoms with Crippen LogP contribution in [0.1, 0.15) is 31.9 Å². The van der Waals surface area contributed by atoms with Crippen molar-refractivity contribution in [2.24, 2.45) is 5.92 Å². The first-order valence-corrected chi connectivity index (χ1v) is 5.52. The minimum atomic E-state index is 0.247. The molecule has 1 aliphatic rings. The molecule has 2 rings (SSSR count). The lowest BCUT2D eigenvalue weighted by Gasteiger charge is -2.17. The highest BCUT2D eigenvalue weighted by atomic mass is 35.5. The number of nitrogens with two attached hydrogens (primary N) is 1. The molecular weight excluding hydrogens is 210 g/mol. The number of nitrogen functional groups attached to an aromatic ring is 1. The fourth-order valence-electron chi connectivity index (χ4n) is 1.80. The maximum atomic E-state index is 5.84. The van der Waals surface area contributed by atoms with Gasteiger partial charge < -0.3 is 5.73 Å². The molecule has 0 aliphatic heterocycles. The Morgan fingerprint density at radius 3 is 2.87 bits per heavy atom. The van der Waals surface area contributed by atoms with E-state index in [-0.39, 0.29) is 5.95 Å². The Labute approximate surface area is 94.4 Å². The second kappa shape index (κ2) is 4.19. The van der Waals surface area contributed by atoms with Crippen LogP contribution >= 0.6 is 11.6 Å². The van der Waals surface area contributed by atoms with E-state index in [1.54, 1.807) is 6.07 Å². The summed E-state index contributed by atoms with van der Waals surface area (Å²) >= 11 is 5.84. The van der Waals surface area contributed by atoms with Gasteiger partial charge >= 0.3 is 0 Å². The van der Waals surface area contributed by atoms with E-state index in [1.807, 2.05) is 0 Å². The Bertz CT molecular complexity index is 381. The highest BCUT2D eigenvalue weighted by Gasteiger charge is 2.13. The zero-order valence-electron chi connectivity index (χ0n) is 8.70. The van der Waals surface area contributed by atoms with E-state index in [4.69, 9.17) is 17.3 Å². The van der Waals surface area contributed by atoms with E-state index in [2.05, 4.69) is 23.0 Å². The summed E-state index contributed by atoms with van der Waals surface area (Å²) in [5.41, 5.74) is 7.67. The maximum absolute atomic E-state index is 5.84. The first-order valence-electron chi connectivity index (χ1n) is 5.14. The minimum Gasteiger partial charge on any atom is -0.368 e. The highest BCUT2D eigenvalue weighted by Crippen LogP contribution is 2.29. The predicted octanol–water partition coefficient (Wildman–Crippen LogP) is 2.92. The number of nitrogens with zero attached hydrogens (tertiary/aromatic N) is 2. The molecule has 1 aliphatic carbocycles. The van der Waals surface area contributed by atoms with Crippen LogP contribution in [0.4, 0.5) is 5.95 Å². The minimum absolute atomic E-state index is 0.247. The van der Waals surface area contributed by atoms with Crippen LogP contribution in [-0.2, 0) is 0 Å². The van der Waals surface area contributed by atoms with Crippen LogP contribution in [0.25, 0.3) is 5.57 Å². The van der Waals surface area contributed by atoms with Crippen LogP contribution in [-0.4, -0.2) is 9.97 Å². The van der Waals surface area contributed by atoms with Crippen molar-refractivity contribution in [1.82, 2.24) is 9.97 Å². The molecule has 1 aromatic rings. The van der Waals surface area contributed by atoms with Crippen molar-refractivity contribution in [2.45, 2.75) is 26.2 Å². The van der Waals surface area contributed by atoms with Crippen molar-refractivity contribution in [2.75, 3.05) is 5.73 Å². The lowest BCUT2D eigenvalue weighted by molar-refractivity contribution is 0.533. The largest absolute Gasteiger partial charge is 0.368 e. The Morgan fingerprint density at radius 2 is 2.27 bits per heavy atom. The van der Waals surface area contributed by atoms with Crippen molar-refractivity contribution in [3.05, 3.63) is 23.0 Å². The molecule has 1 atom stereocenters. The van der Waals surface area contributed by atoms with Crippen molar-refractivity contribution in [3.63, 3.8) is 0 Å². The average Bonchev–Trinajstić information content (AvgIpc) is 2.17. The van der Waals surface area contributed by atoms with Gasteiger partial charge in [-0.25, -0.2) is 9.97 Å².